The number of hydrogen-bond acceptors (Lipinski definition) is 4. The summed E-state index contributed by atoms with van der Waals surface area (Å²) in [7, 11) is 10.7. The minimum absolute atomic E-state index is 0. The summed E-state index contributed by atoms with van der Waals surface area (Å²) in [5.74, 6) is 0.713. The number of Topliss-reactive ketones (excluding diaryl/α,β-unsaturated/α-hetero) is 1. The molecule has 0 heterocycles. The summed E-state index contributed by atoms with van der Waals surface area (Å²) in [6.45, 7) is 2.11. The van der Waals surface area contributed by atoms with Gasteiger partial charge in [-0.1, -0.05) is 70.3 Å². The van der Waals surface area contributed by atoms with Crippen molar-refractivity contribution in [2.45, 2.75) is 75.4 Å². The van der Waals surface area contributed by atoms with E-state index in [2.05, 4.69) is 111 Å². The quantitative estimate of drug-likeness (QED) is 0.0692. The van der Waals surface area contributed by atoms with E-state index in [9.17, 15) is 4.79 Å². The first kappa shape index (κ1) is 38.5. The van der Waals surface area contributed by atoms with Crippen LogP contribution in [0.5, 0.6) is 0 Å². The molecular formula is C16H31B2BrI4N2O2V-. The van der Waals surface area contributed by atoms with E-state index in [1.54, 1.807) is 0 Å². The molecule has 0 saturated heterocycles. The van der Waals surface area contributed by atoms with Crippen LogP contribution >= 0.6 is 98.5 Å². The second-order valence-electron chi connectivity index (χ2n) is 5.57. The third-order valence-electron chi connectivity index (χ3n) is 3.64. The summed E-state index contributed by atoms with van der Waals surface area (Å²) in [6.07, 6.45) is 5.92. The van der Waals surface area contributed by atoms with Gasteiger partial charge < -0.3 is 18.4 Å². The van der Waals surface area contributed by atoms with Crippen LogP contribution < -0.4 is 5.73 Å². The zero-order valence-electron chi connectivity index (χ0n) is 15.6. The van der Waals surface area contributed by atoms with Crippen LogP contribution in [0.4, 0.5) is 0 Å². The van der Waals surface area contributed by atoms with Crippen molar-refractivity contribution < 1.29 is 14.9 Å². The van der Waals surface area contributed by atoms with Gasteiger partial charge in [0.1, 0.15) is 5.78 Å². The van der Waals surface area contributed by atoms with Crippen molar-refractivity contribution in [3.8, 4) is 0 Å². The molecule has 28 heavy (non-hydrogen) atoms. The first-order valence-electron chi connectivity index (χ1n) is 8.08. The molecule has 3 aliphatic carbocycles. The molecule has 0 spiro atoms. The Labute approximate surface area is 235 Å². The van der Waals surface area contributed by atoms with E-state index in [0.29, 0.717) is 17.6 Å². The van der Waals surface area contributed by atoms with Gasteiger partial charge in [-0.05, 0) is 42.0 Å². The van der Waals surface area contributed by atoms with Crippen LogP contribution in [-0.4, -0.2) is 47.7 Å². The molecule has 0 aromatic heterocycles. The fourth-order valence-corrected chi connectivity index (χ4v) is 1.94. The Balaban J connectivity index is -0.000000130. The number of halogens is 5. The molecule has 164 valence electrons. The van der Waals surface area contributed by atoms with Crippen LogP contribution in [0.25, 0.3) is 0 Å². The molecule has 0 aliphatic heterocycles. The molecule has 0 aromatic carbocycles. The first-order chi connectivity index (χ1) is 12.1. The summed E-state index contributed by atoms with van der Waals surface area (Å²) in [5.41, 5.74) is 6.13. The first-order valence-corrected chi connectivity index (χ1v) is 24.0. The van der Waals surface area contributed by atoms with Gasteiger partial charge in [0.2, 0.25) is 0 Å². The molecule has 0 bridgehead atoms. The summed E-state index contributed by atoms with van der Waals surface area (Å²) in [4.78, 5) is 10.1. The summed E-state index contributed by atoms with van der Waals surface area (Å²) < 4.78 is 1.22. The van der Waals surface area contributed by atoms with Crippen LogP contribution in [0.2, 0.25) is 11.6 Å². The predicted octanol–water partition coefficient (Wildman–Crippen LogP) is 6.93. The monoisotopic (exact) mass is 943 g/mol. The summed E-state index contributed by atoms with van der Waals surface area (Å²) >= 11 is 12.9. The van der Waals surface area contributed by atoms with Crippen molar-refractivity contribution >= 4 is 126 Å². The molecule has 4 atom stereocenters. The number of nitrogens with two attached hydrogens (primary N) is 1. The minimum atomic E-state index is -0.278. The number of carbonyl (C=O) groups is 1. The van der Waals surface area contributed by atoms with Crippen LogP contribution in [0.15, 0.2) is 5.16 Å². The number of hydrogen-bond donors (Lipinski definition) is 2. The number of ketones is 1. The maximum absolute atomic E-state index is 10.2. The fraction of sp³-hybridized carbons (Fsp3) is 0.812. The Kier molecular flexibility index (Phi) is 34.1. The SMILES string of the molecule is C.CCI.O=C1CCC1Br.[B]C1CC/C1=N\O.[B][C@H]1CC[C@H]1N.[CH3-].[I][V]([I])[I]. The number of nitrogens with zero attached hydrogens (tertiary/aromatic N) is 1. The molecule has 3 fully saturated rings. The van der Waals surface area contributed by atoms with Gasteiger partial charge >= 0.3 is 64.9 Å². The van der Waals surface area contributed by atoms with Crippen molar-refractivity contribution in [2.24, 2.45) is 10.9 Å². The number of oxime groups is 1. The molecule has 12 heteroatoms. The molecule has 3 rings (SSSR count). The molecule has 4 nitrogen and oxygen atoms in total. The predicted molar refractivity (Wildman–Crippen MR) is 161 cm³/mol. The molecule has 3 N–H and O–H groups in total. The van der Waals surface area contributed by atoms with Gasteiger partial charge in [-0.25, -0.2) is 0 Å². The molecular weight excluding hydrogens is 912 g/mol. The Hall–Kier alpha value is 3.21. The molecule has 3 aliphatic rings. The van der Waals surface area contributed by atoms with Crippen molar-refractivity contribution in [2.75, 3.05) is 4.43 Å². The second-order valence-corrected chi connectivity index (χ2v) is 43.6. The Morgan fingerprint density at radius 1 is 1.21 bits per heavy atom. The van der Waals surface area contributed by atoms with Gasteiger partial charge in [-0.3, -0.25) is 4.79 Å². The number of rotatable bonds is 0. The number of alkyl halides is 2. The van der Waals surface area contributed by atoms with E-state index in [0.717, 1.165) is 44.2 Å². The van der Waals surface area contributed by atoms with Gasteiger partial charge in [0.25, 0.3) is 0 Å². The fourth-order valence-electron chi connectivity index (χ4n) is 1.49. The average molecular weight is 944 g/mol. The molecule has 3 saturated carbocycles. The topological polar surface area (TPSA) is 75.7 Å². The van der Waals surface area contributed by atoms with Crippen LogP contribution in [-0.2, 0) is 9.72 Å². The molecule has 4 radical (unpaired) electrons. The van der Waals surface area contributed by atoms with Gasteiger partial charge in [-0.2, -0.15) is 0 Å². The second kappa shape index (κ2) is 24.8. The van der Waals surface area contributed by atoms with Crippen molar-refractivity contribution in [3.63, 3.8) is 0 Å². The Morgan fingerprint density at radius 2 is 1.61 bits per heavy atom. The van der Waals surface area contributed by atoms with Crippen LogP contribution in [0.1, 0.15) is 52.9 Å². The third kappa shape index (κ3) is 22.4. The van der Waals surface area contributed by atoms with E-state index in [1.807, 2.05) is 0 Å². The van der Waals surface area contributed by atoms with Gasteiger partial charge in [-0.15, -0.1) is 0 Å². The zero-order valence-corrected chi connectivity index (χ0v) is 27.2. The Bertz CT molecular complexity index is 406. The average Bonchev–Trinajstić information content (AvgIpc) is 2.58. The zero-order chi connectivity index (χ0) is 20.7. The van der Waals surface area contributed by atoms with E-state index >= 15 is 0 Å². The molecule has 0 amide bonds. The number of carbonyl (C=O) groups excluding carboxylic acids is 1. The van der Waals surface area contributed by atoms with Crippen LogP contribution in [0, 0.1) is 7.43 Å². The Morgan fingerprint density at radius 3 is 1.61 bits per heavy atom. The van der Waals surface area contributed by atoms with Crippen LogP contribution in [0.3, 0.4) is 0 Å². The summed E-state index contributed by atoms with van der Waals surface area (Å²) in [5, 5.41) is 11.0. The maximum atomic E-state index is 10.2. The standard InChI is InChI=1S/C4H6BNO.C4H8BN.C4H5BrO.C2H5I.CH4.CH3.3HI.V/c5-3-1-2-4(3)6-7;2*5-3-1-2-4(3)6;1-2-3;;;;;;/h3,7H,1-2H2;3-4H,1-2,6H2;3H,1-2H2;2H2,1H3;1H4;1H3;3*1H;/q;;;;;-1;;;;+3/p-3/b6-4+;;;;;;;;;/t;3-,4+;;;;;;;;/m.0......../s1. The van der Waals surface area contributed by atoms with E-state index in [4.69, 9.17) is 26.6 Å². The van der Waals surface area contributed by atoms with E-state index in [-0.39, 0.29) is 30.4 Å². The van der Waals surface area contributed by atoms with Crippen molar-refractivity contribution in [3.05, 3.63) is 7.43 Å². The summed E-state index contributed by atoms with van der Waals surface area (Å²) in [6, 6.07) is 0.310. The van der Waals surface area contributed by atoms with E-state index in [1.165, 1.54) is 4.43 Å². The van der Waals surface area contributed by atoms with Gasteiger partial charge in [0.15, 0.2) is 0 Å². The third-order valence-corrected chi connectivity index (χ3v) is 4.61. The van der Waals surface area contributed by atoms with Crippen molar-refractivity contribution in [1.82, 2.24) is 0 Å². The normalized spacial score (nSPS) is 27.4. The van der Waals surface area contributed by atoms with Gasteiger partial charge in [0, 0.05) is 6.42 Å². The molecule has 2 unspecified atom stereocenters. The molecule has 0 aromatic rings. The van der Waals surface area contributed by atoms with E-state index < -0.39 is 0 Å². The van der Waals surface area contributed by atoms with Crippen molar-refractivity contribution in [1.29, 1.82) is 0 Å². The van der Waals surface area contributed by atoms with Gasteiger partial charge in [0.05, 0.1) is 26.2 Å².